The average Bonchev–Trinajstić information content (AvgIpc) is 3.04. The zero-order chi connectivity index (χ0) is 18.9. The van der Waals surface area contributed by atoms with Gasteiger partial charge in [0.15, 0.2) is 5.96 Å². The highest BCUT2D eigenvalue weighted by molar-refractivity contribution is 5.80. The summed E-state index contributed by atoms with van der Waals surface area (Å²) in [5.74, 6) is 0.440. The first-order valence-corrected chi connectivity index (χ1v) is 9.96. The topological polar surface area (TPSA) is 45.7 Å². The van der Waals surface area contributed by atoms with Gasteiger partial charge in [0.2, 0.25) is 0 Å². The van der Waals surface area contributed by atoms with Gasteiger partial charge >= 0.3 is 6.18 Å². The number of halogens is 3. The summed E-state index contributed by atoms with van der Waals surface area (Å²) in [4.78, 5) is 4.70. The van der Waals surface area contributed by atoms with Gasteiger partial charge in [0.1, 0.15) is 0 Å². The predicted molar refractivity (Wildman–Crippen MR) is 96.0 cm³/mol. The molecule has 1 saturated heterocycles. The van der Waals surface area contributed by atoms with E-state index in [1.165, 1.54) is 0 Å². The predicted octanol–water partition coefficient (Wildman–Crippen LogP) is 3.72. The van der Waals surface area contributed by atoms with Crippen molar-refractivity contribution < 1.29 is 17.9 Å². The van der Waals surface area contributed by atoms with Crippen LogP contribution in [0.15, 0.2) is 4.99 Å². The molecule has 0 amide bonds. The molecule has 3 fully saturated rings. The summed E-state index contributed by atoms with van der Waals surface area (Å²) in [6.45, 7) is 8.66. The number of hydrogen-bond acceptors (Lipinski definition) is 2. The fraction of sp³-hybridized carbons (Fsp3) is 0.947. The average molecular weight is 375 g/mol. The number of guanidine groups is 1. The smallest absolute Gasteiger partial charge is 0.377 e. The third-order valence-electron chi connectivity index (χ3n) is 6.55. The lowest BCUT2D eigenvalue weighted by Crippen LogP contribution is -2.68. The van der Waals surface area contributed by atoms with Gasteiger partial charge in [-0.3, -0.25) is 4.99 Å². The van der Waals surface area contributed by atoms with Gasteiger partial charge in [0.05, 0.1) is 12.0 Å². The summed E-state index contributed by atoms with van der Waals surface area (Å²) in [5.41, 5.74) is 0.0716. The van der Waals surface area contributed by atoms with Crippen LogP contribution in [0.5, 0.6) is 0 Å². The summed E-state index contributed by atoms with van der Waals surface area (Å²) in [5, 5.41) is 6.86. The van der Waals surface area contributed by atoms with Crippen molar-refractivity contribution in [1.82, 2.24) is 10.6 Å². The molecule has 0 aromatic heterocycles. The molecule has 26 heavy (non-hydrogen) atoms. The Labute approximate surface area is 154 Å². The molecule has 0 bridgehead atoms. The number of ether oxygens (including phenoxy) is 1. The number of nitrogens with one attached hydrogen (secondary N) is 2. The Morgan fingerprint density at radius 2 is 1.85 bits per heavy atom. The maximum Gasteiger partial charge on any atom is 0.391 e. The van der Waals surface area contributed by atoms with E-state index in [1.54, 1.807) is 0 Å². The van der Waals surface area contributed by atoms with Gasteiger partial charge in [-0.05, 0) is 44.9 Å². The van der Waals surface area contributed by atoms with E-state index in [1.807, 2.05) is 6.92 Å². The summed E-state index contributed by atoms with van der Waals surface area (Å²) >= 11 is 0. The summed E-state index contributed by atoms with van der Waals surface area (Å²) in [7, 11) is 0. The SMILES string of the molecule is CCNC(=NCC1CCC(C(F)(F)F)CC1)NC1C2CCOC2C1(C)C. The fourth-order valence-corrected chi connectivity index (χ4v) is 4.98. The molecule has 3 aliphatic rings. The second-order valence-corrected chi connectivity index (χ2v) is 8.67. The molecular formula is C19H32F3N3O. The fourth-order valence-electron chi connectivity index (χ4n) is 4.98. The Morgan fingerprint density at radius 1 is 1.15 bits per heavy atom. The van der Waals surface area contributed by atoms with E-state index in [0.29, 0.717) is 37.5 Å². The zero-order valence-corrected chi connectivity index (χ0v) is 16.0. The molecule has 7 heteroatoms. The van der Waals surface area contributed by atoms with Gasteiger partial charge in [-0.2, -0.15) is 13.2 Å². The maximum absolute atomic E-state index is 12.8. The summed E-state index contributed by atoms with van der Waals surface area (Å²) < 4.78 is 44.2. The van der Waals surface area contributed by atoms with Crippen LogP contribution in [0.2, 0.25) is 0 Å². The van der Waals surface area contributed by atoms with E-state index >= 15 is 0 Å². The molecule has 2 N–H and O–H groups in total. The molecular weight excluding hydrogens is 343 g/mol. The van der Waals surface area contributed by atoms with E-state index < -0.39 is 12.1 Å². The number of nitrogens with zero attached hydrogens (tertiary/aromatic N) is 1. The zero-order valence-electron chi connectivity index (χ0n) is 16.0. The van der Waals surface area contributed by atoms with Gasteiger partial charge in [-0.15, -0.1) is 0 Å². The largest absolute Gasteiger partial charge is 0.391 e. The van der Waals surface area contributed by atoms with Gasteiger partial charge in [0.25, 0.3) is 0 Å². The molecule has 0 aromatic carbocycles. The molecule has 3 unspecified atom stereocenters. The van der Waals surface area contributed by atoms with Crippen molar-refractivity contribution in [2.24, 2.45) is 28.2 Å². The number of fused-ring (bicyclic) bond motifs is 1. The van der Waals surface area contributed by atoms with Crippen molar-refractivity contribution in [1.29, 1.82) is 0 Å². The maximum atomic E-state index is 12.8. The molecule has 2 aliphatic carbocycles. The molecule has 1 aliphatic heterocycles. The minimum absolute atomic E-state index is 0.0716. The Hall–Kier alpha value is -0.980. The lowest BCUT2D eigenvalue weighted by Gasteiger charge is -2.55. The lowest BCUT2D eigenvalue weighted by atomic mass is 9.57. The first-order valence-electron chi connectivity index (χ1n) is 9.96. The van der Waals surface area contributed by atoms with Crippen LogP contribution in [0, 0.1) is 23.2 Å². The monoisotopic (exact) mass is 375 g/mol. The Kier molecular flexibility index (Phi) is 5.75. The number of rotatable bonds is 4. The Bertz CT molecular complexity index is 513. The highest BCUT2D eigenvalue weighted by Crippen LogP contribution is 2.52. The Balaban J connectivity index is 1.53. The van der Waals surface area contributed by atoms with Gasteiger partial charge in [0, 0.05) is 37.1 Å². The van der Waals surface area contributed by atoms with Crippen molar-refractivity contribution >= 4 is 5.96 Å². The molecule has 0 aromatic rings. The van der Waals surface area contributed by atoms with Crippen molar-refractivity contribution in [2.45, 2.75) is 71.2 Å². The third-order valence-corrected chi connectivity index (χ3v) is 6.55. The molecule has 4 nitrogen and oxygen atoms in total. The van der Waals surface area contributed by atoms with Crippen molar-refractivity contribution in [3.05, 3.63) is 0 Å². The summed E-state index contributed by atoms with van der Waals surface area (Å²) in [6, 6.07) is 0.328. The third kappa shape index (κ3) is 3.97. The van der Waals surface area contributed by atoms with Gasteiger partial charge < -0.3 is 15.4 Å². The highest BCUT2D eigenvalue weighted by Gasteiger charge is 2.59. The molecule has 1 heterocycles. The van der Waals surface area contributed by atoms with E-state index in [4.69, 9.17) is 9.73 Å². The van der Waals surface area contributed by atoms with Crippen molar-refractivity contribution in [3.63, 3.8) is 0 Å². The molecule has 0 spiro atoms. The van der Waals surface area contributed by atoms with Crippen molar-refractivity contribution in [3.8, 4) is 0 Å². The van der Waals surface area contributed by atoms with Crippen LogP contribution in [-0.4, -0.2) is 44.0 Å². The highest BCUT2D eigenvalue weighted by atomic mass is 19.4. The van der Waals surface area contributed by atoms with Crippen LogP contribution in [0.25, 0.3) is 0 Å². The first kappa shape index (κ1) is 19.8. The molecule has 3 rings (SSSR count). The van der Waals surface area contributed by atoms with Crippen LogP contribution in [0.3, 0.4) is 0 Å². The standard InChI is InChI=1S/C19H32F3N3O/c1-4-23-17(25-15-14-9-10-26-16(14)18(15,2)3)24-11-12-5-7-13(8-6-12)19(20,21)22/h12-16H,4-11H2,1-3H3,(H2,23,24,25). The normalized spacial score (nSPS) is 37.0. The van der Waals surface area contributed by atoms with Crippen LogP contribution >= 0.6 is 0 Å². The molecule has 0 radical (unpaired) electrons. The quantitative estimate of drug-likeness (QED) is 0.581. The number of alkyl halides is 3. The van der Waals surface area contributed by atoms with E-state index in [0.717, 1.165) is 25.5 Å². The van der Waals surface area contributed by atoms with Crippen molar-refractivity contribution in [2.75, 3.05) is 19.7 Å². The molecule has 3 atom stereocenters. The minimum Gasteiger partial charge on any atom is -0.377 e. The van der Waals surface area contributed by atoms with Crippen LogP contribution < -0.4 is 10.6 Å². The van der Waals surface area contributed by atoms with Gasteiger partial charge in [-0.25, -0.2) is 0 Å². The lowest BCUT2D eigenvalue weighted by molar-refractivity contribution is -0.183. The summed E-state index contributed by atoms with van der Waals surface area (Å²) in [6.07, 6.45) is -0.941. The molecule has 2 saturated carbocycles. The number of hydrogen-bond donors (Lipinski definition) is 2. The first-order chi connectivity index (χ1) is 12.2. The Morgan fingerprint density at radius 3 is 2.46 bits per heavy atom. The minimum atomic E-state index is -4.04. The van der Waals surface area contributed by atoms with Crippen LogP contribution in [-0.2, 0) is 4.74 Å². The van der Waals surface area contributed by atoms with E-state index in [-0.39, 0.29) is 24.2 Å². The number of aliphatic imine (C=N–C) groups is 1. The van der Waals surface area contributed by atoms with Crippen LogP contribution in [0.1, 0.15) is 52.9 Å². The van der Waals surface area contributed by atoms with Gasteiger partial charge in [-0.1, -0.05) is 13.8 Å². The van der Waals surface area contributed by atoms with E-state index in [9.17, 15) is 13.2 Å². The second kappa shape index (κ2) is 7.56. The molecule has 150 valence electrons. The second-order valence-electron chi connectivity index (χ2n) is 8.67. The van der Waals surface area contributed by atoms with E-state index in [2.05, 4.69) is 24.5 Å². The van der Waals surface area contributed by atoms with Crippen LogP contribution in [0.4, 0.5) is 13.2 Å².